The molecule has 41 heavy (non-hydrogen) atoms. The highest BCUT2D eigenvalue weighted by Crippen LogP contribution is 2.55. The Morgan fingerprint density at radius 3 is 2.34 bits per heavy atom. The zero-order valence-electron chi connectivity index (χ0n) is 22.7. The molecule has 0 aliphatic carbocycles. The molecule has 0 fully saturated rings. The molecule has 0 radical (unpaired) electrons. The van der Waals surface area contributed by atoms with Crippen LogP contribution in [0.3, 0.4) is 0 Å². The molecule has 1 aliphatic heterocycles. The van der Waals surface area contributed by atoms with Gasteiger partial charge in [-0.05, 0) is 40.4 Å². The van der Waals surface area contributed by atoms with Crippen molar-refractivity contribution >= 4 is 54.3 Å². The van der Waals surface area contributed by atoms with Gasteiger partial charge < -0.3 is 4.74 Å². The summed E-state index contributed by atoms with van der Waals surface area (Å²) in [4.78, 5) is 9.74. The largest absolute Gasteiger partial charge is 0.454 e. The molecule has 8 aromatic rings. The van der Waals surface area contributed by atoms with E-state index in [-0.39, 0.29) is 5.41 Å². The van der Waals surface area contributed by atoms with Crippen LogP contribution in [0.5, 0.6) is 11.5 Å². The summed E-state index contributed by atoms with van der Waals surface area (Å²) in [5.74, 6) is 2.67. The lowest BCUT2D eigenvalue weighted by Gasteiger charge is -2.36. The summed E-state index contributed by atoms with van der Waals surface area (Å²) in [7, 11) is 0. The third-order valence-electron chi connectivity index (χ3n) is 8.87. The first kappa shape index (κ1) is 22.6. The summed E-state index contributed by atoms with van der Waals surface area (Å²) in [5.41, 5.74) is 5.26. The van der Waals surface area contributed by atoms with Gasteiger partial charge in [-0.15, -0.1) is 0 Å². The van der Waals surface area contributed by atoms with Crippen molar-refractivity contribution in [3.8, 4) is 17.3 Å². The van der Waals surface area contributed by atoms with Crippen LogP contribution in [0, 0.1) is 0 Å². The predicted octanol–water partition coefficient (Wildman–Crippen LogP) is 9.46. The molecule has 9 rings (SSSR count). The molecule has 0 atom stereocenters. The minimum absolute atomic E-state index is 0.263. The molecule has 194 valence electrons. The number of pyridine rings is 2. The van der Waals surface area contributed by atoms with Gasteiger partial charge in [-0.2, -0.15) is 0 Å². The van der Waals surface area contributed by atoms with Gasteiger partial charge in [-0.3, -0.25) is 9.55 Å². The molecule has 4 heterocycles. The number of fused-ring (bicyclic) bond motifs is 12. The Bertz CT molecular complexity index is 2380. The van der Waals surface area contributed by atoms with E-state index in [9.17, 15) is 0 Å². The molecule has 0 spiro atoms. The van der Waals surface area contributed by atoms with E-state index in [1.807, 2.05) is 18.5 Å². The molecule has 0 bridgehead atoms. The number of rotatable bonds is 1. The maximum atomic E-state index is 6.91. The van der Waals surface area contributed by atoms with Crippen LogP contribution in [0.4, 0.5) is 0 Å². The van der Waals surface area contributed by atoms with Crippen LogP contribution in [0.1, 0.15) is 25.0 Å². The maximum Gasteiger partial charge on any atom is 0.156 e. The first-order valence-electron chi connectivity index (χ1n) is 14.0. The van der Waals surface area contributed by atoms with Crippen LogP contribution in [0.2, 0.25) is 0 Å². The summed E-state index contributed by atoms with van der Waals surface area (Å²) in [5, 5.41) is 8.08. The number of para-hydroxylation sites is 2. The minimum Gasteiger partial charge on any atom is -0.454 e. The average molecular weight is 528 g/mol. The van der Waals surface area contributed by atoms with Crippen LogP contribution in [-0.2, 0) is 5.41 Å². The van der Waals surface area contributed by atoms with E-state index in [0.717, 1.165) is 50.0 Å². The van der Waals surface area contributed by atoms with Crippen LogP contribution >= 0.6 is 0 Å². The summed E-state index contributed by atoms with van der Waals surface area (Å²) in [6, 6.07) is 36.4. The lowest BCUT2D eigenvalue weighted by atomic mass is 9.73. The van der Waals surface area contributed by atoms with E-state index in [2.05, 4.69) is 120 Å². The quantitative estimate of drug-likeness (QED) is 0.200. The van der Waals surface area contributed by atoms with Crippen molar-refractivity contribution in [3.63, 3.8) is 0 Å². The van der Waals surface area contributed by atoms with Gasteiger partial charge in [0.2, 0.25) is 0 Å². The molecule has 0 amide bonds. The molecule has 0 N–H and O–H groups in total. The fourth-order valence-corrected chi connectivity index (χ4v) is 7.04. The molecule has 5 aromatic carbocycles. The molecule has 0 saturated heterocycles. The van der Waals surface area contributed by atoms with Gasteiger partial charge in [-0.1, -0.05) is 92.7 Å². The second kappa shape index (κ2) is 7.92. The van der Waals surface area contributed by atoms with Crippen molar-refractivity contribution in [2.45, 2.75) is 19.3 Å². The highest BCUT2D eigenvalue weighted by atomic mass is 16.5. The van der Waals surface area contributed by atoms with Crippen molar-refractivity contribution in [3.05, 3.63) is 127 Å². The Labute approximate surface area is 236 Å². The highest BCUT2D eigenvalue weighted by molar-refractivity contribution is 6.24. The Morgan fingerprint density at radius 1 is 0.683 bits per heavy atom. The van der Waals surface area contributed by atoms with Gasteiger partial charge in [0.05, 0.1) is 16.6 Å². The molecular formula is C37H25N3O. The number of hydrogen-bond donors (Lipinski definition) is 0. The van der Waals surface area contributed by atoms with Gasteiger partial charge in [0.25, 0.3) is 0 Å². The topological polar surface area (TPSA) is 39.9 Å². The average Bonchev–Trinajstić information content (AvgIpc) is 3.36. The van der Waals surface area contributed by atoms with Crippen LogP contribution in [0.25, 0.3) is 60.1 Å². The lowest BCUT2D eigenvalue weighted by molar-refractivity contribution is 0.424. The van der Waals surface area contributed by atoms with Crippen molar-refractivity contribution in [2.75, 3.05) is 0 Å². The van der Waals surface area contributed by atoms with E-state index in [0.29, 0.717) is 0 Å². The van der Waals surface area contributed by atoms with Gasteiger partial charge in [-0.25, -0.2) is 4.98 Å². The van der Waals surface area contributed by atoms with Gasteiger partial charge in [0.15, 0.2) is 5.75 Å². The normalized spacial score (nSPS) is 14.0. The van der Waals surface area contributed by atoms with Crippen LogP contribution < -0.4 is 4.74 Å². The standard InChI is InChI=1S/C37H25N3O/c1-37(2)28-14-6-8-16-30(28)41-36-33(37)25-12-4-3-11-24(25)32-26-13-5-7-15-29(26)40(35(32)36)31-20-23-18-17-22-10-9-19-38-34(22)27(23)21-39-31/h3-21H,1-2H3. The molecule has 0 unspecified atom stereocenters. The van der Waals surface area contributed by atoms with Gasteiger partial charge >= 0.3 is 0 Å². The Morgan fingerprint density at radius 2 is 1.44 bits per heavy atom. The van der Waals surface area contributed by atoms with Crippen molar-refractivity contribution < 1.29 is 4.74 Å². The highest BCUT2D eigenvalue weighted by Gasteiger charge is 2.38. The summed E-state index contributed by atoms with van der Waals surface area (Å²) in [6.45, 7) is 4.62. The minimum atomic E-state index is -0.263. The third kappa shape index (κ3) is 2.94. The molecule has 3 aromatic heterocycles. The molecule has 1 aliphatic rings. The number of aromatic nitrogens is 3. The summed E-state index contributed by atoms with van der Waals surface area (Å²) in [6.07, 6.45) is 3.81. The second-order valence-corrected chi connectivity index (χ2v) is 11.5. The van der Waals surface area contributed by atoms with E-state index in [1.165, 1.54) is 32.7 Å². The molecular weight excluding hydrogens is 502 g/mol. The fraction of sp³-hybridized carbons (Fsp3) is 0.0811. The van der Waals surface area contributed by atoms with E-state index in [1.54, 1.807) is 0 Å². The summed E-state index contributed by atoms with van der Waals surface area (Å²) < 4.78 is 9.21. The monoisotopic (exact) mass is 527 g/mol. The van der Waals surface area contributed by atoms with E-state index in [4.69, 9.17) is 9.72 Å². The van der Waals surface area contributed by atoms with Crippen LogP contribution in [0.15, 0.2) is 116 Å². The van der Waals surface area contributed by atoms with E-state index < -0.39 is 0 Å². The van der Waals surface area contributed by atoms with Crippen molar-refractivity contribution in [1.29, 1.82) is 0 Å². The fourth-order valence-electron chi connectivity index (χ4n) is 7.04. The number of hydrogen-bond acceptors (Lipinski definition) is 3. The number of benzene rings is 5. The first-order chi connectivity index (χ1) is 20.1. The zero-order valence-corrected chi connectivity index (χ0v) is 22.7. The Hall–Kier alpha value is -5.22. The first-order valence-corrected chi connectivity index (χ1v) is 14.0. The second-order valence-electron chi connectivity index (χ2n) is 11.5. The van der Waals surface area contributed by atoms with E-state index >= 15 is 0 Å². The zero-order chi connectivity index (χ0) is 27.3. The van der Waals surface area contributed by atoms with Gasteiger partial charge in [0, 0.05) is 50.5 Å². The molecule has 4 heteroatoms. The number of ether oxygens (including phenoxy) is 1. The van der Waals surface area contributed by atoms with Gasteiger partial charge in [0.1, 0.15) is 11.6 Å². The van der Waals surface area contributed by atoms with Crippen molar-refractivity contribution in [1.82, 2.24) is 14.5 Å². The molecule has 0 saturated carbocycles. The number of nitrogens with zero attached hydrogens (tertiary/aromatic N) is 3. The maximum absolute atomic E-state index is 6.91. The molecule has 4 nitrogen and oxygen atoms in total. The third-order valence-corrected chi connectivity index (χ3v) is 8.87. The predicted molar refractivity (Wildman–Crippen MR) is 168 cm³/mol. The Balaban J connectivity index is 1.47. The SMILES string of the molecule is CC1(C)c2ccccc2Oc2c1c1ccccc1c1c3ccccc3n(-c3cc4ccc5cccnc5c4cn3)c21. The van der Waals surface area contributed by atoms with Crippen LogP contribution in [-0.4, -0.2) is 14.5 Å². The lowest BCUT2D eigenvalue weighted by Crippen LogP contribution is -2.25. The Kier molecular flexibility index (Phi) is 4.36. The summed E-state index contributed by atoms with van der Waals surface area (Å²) >= 11 is 0. The smallest absolute Gasteiger partial charge is 0.156 e. The van der Waals surface area contributed by atoms with Crippen molar-refractivity contribution in [2.24, 2.45) is 0 Å².